The van der Waals surface area contributed by atoms with Crippen molar-refractivity contribution in [2.75, 3.05) is 13.2 Å². The minimum atomic E-state index is -0.741. The van der Waals surface area contributed by atoms with Crippen molar-refractivity contribution in [2.24, 2.45) is 0 Å². The van der Waals surface area contributed by atoms with E-state index in [1.807, 2.05) is 6.92 Å². The maximum absolute atomic E-state index is 11.9. The van der Waals surface area contributed by atoms with Crippen LogP contribution in [0, 0.1) is 17.0 Å². The van der Waals surface area contributed by atoms with Crippen molar-refractivity contribution in [2.45, 2.75) is 13.8 Å². The molecule has 7 nitrogen and oxygen atoms in total. The number of para-hydroxylation sites is 2. The Hall–Kier alpha value is -3.09. The van der Waals surface area contributed by atoms with Crippen molar-refractivity contribution in [3.8, 4) is 17.2 Å². The van der Waals surface area contributed by atoms with Crippen molar-refractivity contribution in [3.05, 3.63) is 58.1 Å². The molecule has 0 spiro atoms. The van der Waals surface area contributed by atoms with Crippen LogP contribution in [-0.4, -0.2) is 24.1 Å². The van der Waals surface area contributed by atoms with Crippen LogP contribution in [-0.2, 0) is 4.79 Å². The molecule has 0 bridgehead atoms. The van der Waals surface area contributed by atoms with E-state index in [1.54, 1.807) is 37.3 Å². The van der Waals surface area contributed by atoms with Crippen LogP contribution in [0.1, 0.15) is 12.5 Å². The minimum Gasteiger partial charge on any atom is -0.490 e. The fourth-order valence-corrected chi connectivity index (χ4v) is 1.99. The predicted molar refractivity (Wildman–Crippen MR) is 86.6 cm³/mol. The van der Waals surface area contributed by atoms with Gasteiger partial charge in [-0.2, -0.15) is 0 Å². The molecule has 0 fully saturated rings. The average Bonchev–Trinajstić information content (AvgIpc) is 2.54. The molecule has 2 rings (SSSR count). The summed E-state index contributed by atoms with van der Waals surface area (Å²) in [4.78, 5) is 22.3. The van der Waals surface area contributed by atoms with E-state index in [-0.39, 0.29) is 11.4 Å². The number of benzene rings is 2. The molecule has 126 valence electrons. The zero-order valence-corrected chi connectivity index (χ0v) is 13.4. The van der Waals surface area contributed by atoms with E-state index in [9.17, 15) is 14.9 Å². The van der Waals surface area contributed by atoms with Crippen LogP contribution in [0.2, 0.25) is 0 Å². The van der Waals surface area contributed by atoms with Crippen molar-refractivity contribution in [3.63, 3.8) is 0 Å². The Kier molecular flexibility index (Phi) is 5.73. The first kappa shape index (κ1) is 17.3. The largest absolute Gasteiger partial charge is 0.490 e. The molecule has 24 heavy (non-hydrogen) atoms. The fourth-order valence-electron chi connectivity index (χ4n) is 1.99. The van der Waals surface area contributed by atoms with Crippen LogP contribution in [0.15, 0.2) is 42.5 Å². The lowest BCUT2D eigenvalue weighted by atomic mass is 10.2. The molecular formula is C17H17NO6. The molecule has 0 atom stereocenters. The van der Waals surface area contributed by atoms with Crippen molar-refractivity contribution in [1.82, 2.24) is 0 Å². The van der Waals surface area contributed by atoms with Crippen molar-refractivity contribution in [1.29, 1.82) is 0 Å². The number of aryl methyl sites for hydroxylation is 1. The Morgan fingerprint density at radius 1 is 1.08 bits per heavy atom. The highest BCUT2D eigenvalue weighted by molar-refractivity contribution is 5.75. The van der Waals surface area contributed by atoms with E-state index < -0.39 is 17.5 Å². The molecule has 0 heterocycles. The zero-order chi connectivity index (χ0) is 17.5. The molecule has 0 aliphatic heterocycles. The second kappa shape index (κ2) is 7.96. The molecular weight excluding hydrogens is 314 g/mol. The van der Waals surface area contributed by atoms with Gasteiger partial charge in [0.15, 0.2) is 18.1 Å². The molecule has 0 amide bonds. The number of hydrogen-bond donors (Lipinski definition) is 0. The topological polar surface area (TPSA) is 87.9 Å². The lowest BCUT2D eigenvalue weighted by Gasteiger charge is -2.11. The summed E-state index contributed by atoms with van der Waals surface area (Å²) in [6.07, 6.45) is 0. The lowest BCUT2D eigenvalue weighted by Crippen LogP contribution is -2.18. The Bertz CT molecular complexity index is 744. The zero-order valence-electron chi connectivity index (χ0n) is 13.4. The first-order valence-electron chi connectivity index (χ1n) is 7.31. The van der Waals surface area contributed by atoms with Crippen molar-refractivity contribution >= 4 is 11.7 Å². The van der Waals surface area contributed by atoms with E-state index in [4.69, 9.17) is 14.2 Å². The van der Waals surface area contributed by atoms with Gasteiger partial charge in [-0.15, -0.1) is 0 Å². The summed E-state index contributed by atoms with van der Waals surface area (Å²) in [5.74, 6) is 0.0612. The molecule has 0 aliphatic carbocycles. The van der Waals surface area contributed by atoms with E-state index in [0.717, 1.165) is 5.56 Å². The summed E-state index contributed by atoms with van der Waals surface area (Å²) in [5, 5.41) is 11.0. The Morgan fingerprint density at radius 2 is 1.75 bits per heavy atom. The highest BCUT2D eigenvalue weighted by atomic mass is 16.6. The number of nitro benzene ring substituents is 1. The molecule has 0 unspecified atom stereocenters. The van der Waals surface area contributed by atoms with Gasteiger partial charge in [0.1, 0.15) is 0 Å². The SMILES string of the molecule is CCOc1ccccc1OCC(=O)Oc1cc(C)ccc1[N+](=O)[O-]. The molecule has 0 N–H and O–H groups in total. The molecule has 0 aromatic heterocycles. The summed E-state index contributed by atoms with van der Waals surface area (Å²) >= 11 is 0. The highest BCUT2D eigenvalue weighted by Gasteiger charge is 2.18. The summed E-state index contributed by atoms with van der Waals surface area (Å²) in [7, 11) is 0. The van der Waals surface area contributed by atoms with E-state index in [2.05, 4.69) is 0 Å². The lowest BCUT2D eigenvalue weighted by molar-refractivity contribution is -0.385. The van der Waals surface area contributed by atoms with E-state index in [0.29, 0.717) is 18.1 Å². The van der Waals surface area contributed by atoms with Crippen LogP contribution in [0.4, 0.5) is 5.69 Å². The smallest absolute Gasteiger partial charge is 0.349 e. The van der Waals surface area contributed by atoms with Gasteiger partial charge in [-0.05, 0) is 37.6 Å². The Morgan fingerprint density at radius 3 is 2.38 bits per heavy atom. The molecule has 0 saturated heterocycles. The van der Waals surface area contributed by atoms with Gasteiger partial charge >= 0.3 is 11.7 Å². The van der Waals surface area contributed by atoms with Crippen molar-refractivity contribution < 1.29 is 23.9 Å². The Balaban J connectivity index is 2.05. The average molecular weight is 331 g/mol. The maximum atomic E-state index is 11.9. The Labute approximate surface area is 138 Å². The molecule has 7 heteroatoms. The highest BCUT2D eigenvalue weighted by Crippen LogP contribution is 2.29. The number of esters is 1. The van der Waals surface area contributed by atoms with Gasteiger partial charge in [0.2, 0.25) is 5.75 Å². The van der Waals surface area contributed by atoms with Gasteiger partial charge in [0, 0.05) is 6.07 Å². The van der Waals surface area contributed by atoms with Crippen LogP contribution >= 0.6 is 0 Å². The third-order valence-electron chi connectivity index (χ3n) is 3.03. The summed E-state index contributed by atoms with van der Waals surface area (Å²) < 4.78 is 15.8. The fraction of sp³-hybridized carbons (Fsp3) is 0.235. The normalized spacial score (nSPS) is 10.1. The van der Waals surface area contributed by atoms with Gasteiger partial charge in [-0.3, -0.25) is 10.1 Å². The summed E-state index contributed by atoms with van der Waals surface area (Å²) in [6, 6.07) is 11.2. The second-order valence-electron chi connectivity index (χ2n) is 4.87. The molecule has 2 aromatic carbocycles. The van der Waals surface area contributed by atoms with Gasteiger partial charge in [0.25, 0.3) is 0 Å². The van der Waals surface area contributed by atoms with Crippen LogP contribution in [0.25, 0.3) is 0 Å². The standard InChI is InChI=1S/C17H17NO6/c1-3-22-14-6-4-5-7-15(14)23-11-17(19)24-16-10-12(2)8-9-13(16)18(20)21/h4-10H,3,11H2,1-2H3. The molecule has 2 aromatic rings. The maximum Gasteiger partial charge on any atom is 0.349 e. The summed E-state index contributed by atoms with van der Waals surface area (Å²) in [6.45, 7) is 3.65. The van der Waals surface area contributed by atoms with E-state index >= 15 is 0 Å². The number of ether oxygens (including phenoxy) is 3. The number of carbonyl (C=O) groups is 1. The monoisotopic (exact) mass is 331 g/mol. The van der Waals surface area contributed by atoms with Gasteiger partial charge in [-0.25, -0.2) is 4.79 Å². The number of rotatable bonds is 7. The minimum absolute atomic E-state index is 0.105. The first-order valence-corrected chi connectivity index (χ1v) is 7.31. The van der Waals surface area contributed by atoms with Gasteiger partial charge < -0.3 is 14.2 Å². The van der Waals surface area contributed by atoms with Gasteiger partial charge in [0.05, 0.1) is 11.5 Å². The summed E-state index contributed by atoms with van der Waals surface area (Å²) in [5.41, 5.74) is 0.467. The van der Waals surface area contributed by atoms with Crippen LogP contribution in [0.3, 0.4) is 0 Å². The quantitative estimate of drug-likeness (QED) is 0.335. The number of nitro groups is 1. The second-order valence-corrected chi connectivity index (χ2v) is 4.87. The number of carbonyl (C=O) groups excluding carboxylic acids is 1. The molecule has 0 aliphatic rings. The number of nitrogens with zero attached hydrogens (tertiary/aromatic N) is 1. The third-order valence-corrected chi connectivity index (χ3v) is 3.03. The molecule has 0 saturated carbocycles. The molecule has 0 radical (unpaired) electrons. The van der Waals surface area contributed by atoms with Crippen LogP contribution < -0.4 is 14.2 Å². The van der Waals surface area contributed by atoms with Crippen LogP contribution in [0.5, 0.6) is 17.2 Å². The predicted octanol–water partition coefficient (Wildman–Crippen LogP) is 3.29. The van der Waals surface area contributed by atoms with Gasteiger partial charge in [-0.1, -0.05) is 18.2 Å². The number of hydrogen-bond acceptors (Lipinski definition) is 6. The van der Waals surface area contributed by atoms with E-state index in [1.165, 1.54) is 12.1 Å². The first-order chi connectivity index (χ1) is 11.5. The third kappa shape index (κ3) is 4.45.